The van der Waals surface area contributed by atoms with Crippen LogP contribution in [0.5, 0.6) is 0 Å². The van der Waals surface area contributed by atoms with Crippen LogP contribution >= 0.6 is 12.4 Å². The summed E-state index contributed by atoms with van der Waals surface area (Å²) in [4.78, 5) is 14.3. The molecule has 17 heavy (non-hydrogen) atoms. The summed E-state index contributed by atoms with van der Waals surface area (Å²) in [5.41, 5.74) is 6.40. The predicted molar refractivity (Wildman–Crippen MR) is 72.2 cm³/mol. The molecule has 0 aromatic carbocycles. The third-order valence-corrected chi connectivity index (χ3v) is 4.32. The van der Waals surface area contributed by atoms with Gasteiger partial charge >= 0.3 is 0 Å². The summed E-state index contributed by atoms with van der Waals surface area (Å²) in [5.74, 6) is 0.432. The molecule has 0 radical (unpaired) electrons. The Bertz CT molecular complexity index is 271. The predicted octanol–water partition coefficient (Wildman–Crippen LogP) is 2.18. The molecule has 1 saturated heterocycles. The fourth-order valence-electron chi connectivity index (χ4n) is 2.86. The van der Waals surface area contributed by atoms with E-state index in [2.05, 4.69) is 13.8 Å². The van der Waals surface area contributed by atoms with E-state index in [-0.39, 0.29) is 24.4 Å². The molecule has 0 aromatic rings. The van der Waals surface area contributed by atoms with Gasteiger partial charge in [-0.2, -0.15) is 0 Å². The first-order chi connectivity index (χ1) is 7.49. The van der Waals surface area contributed by atoms with Crippen molar-refractivity contribution >= 4 is 18.3 Å². The highest BCUT2D eigenvalue weighted by Gasteiger charge is 2.35. The van der Waals surface area contributed by atoms with E-state index in [4.69, 9.17) is 5.73 Å². The van der Waals surface area contributed by atoms with Gasteiger partial charge in [-0.3, -0.25) is 4.79 Å². The molecule has 1 heterocycles. The van der Waals surface area contributed by atoms with Gasteiger partial charge in [-0.15, -0.1) is 12.4 Å². The summed E-state index contributed by atoms with van der Waals surface area (Å²) in [5, 5.41) is 0. The zero-order valence-electron chi connectivity index (χ0n) is 10.9. The van der Waals surface area contributed by atoms with E-state index in [1.807, 2.05) is 4.90 Å². The lowest BCUT2D eigenvalue weighted by Crippen LogP contribution is -2.46. The van der Waals surface area contributed by atoms with Crippen LogP contribution in [0.4, 0.5) is 0 Å². The molecule has 1 aliphatic carbocycles. The highest BCUT2D eigenvalue weighted by Crippen LogP contribution is 2.32. The monoisotopic (exact) mass is 260 g/mol. The number of piperidine rings is 1. The van der Waals surface area contributed by atoms with Crippen molar-refractivity contribution in [3.05, 3.63) is 0 Å². The van der Waals surface area contributed by atoms with Gasteiger partial charge in [0, 0.05) is 19.1 Å². The van der Waals surface area contributed by atoms with Crippen molar-refractivity contribution < 1.29 is 4.79 Å². The smallest absolute Gasteiger partial charge is 0.227 e. The van der Waals surface area contributed by atoms with Gasteiger partial charge < -0.3 is 10.6 Å². The van der Waals surface area contributed by atoms with Crippen LogP contribution in [0.3, 0.4) is 0 Å². The minimum absolute atomic E-state index is 0. The van der Waals surface area contributed by atoms with Crippen LogP contribution in [-0.4, -0.2) is 29.9 Å². The van der Waals surface area contributed by atoms with Gasteiger partial charge in [0.05, 0.1) is 5.92 Å². The molecule has 2 unspecified atom stereocenters. The van der Waals surface area contributed by atoms with Crippen LogP contribution < -0.4 is 5.73 Å². The van der Waals surface area contributed by atoms with Gasteiger partial charge in [0.15, 0.2) is 0 Å². The van der Waals surface area contributed by atoms with Crippen LogP contribution in [0, 0.1) is 11.3 Å². The van der Waals surface area contributed by atoms with Crippen molar-refractivity contribution in [3.63, 3.8) is 0 Å². The van der Waals surface area contributed by atoms with E-state index >= 15 is 0 Å². The van der Waals surface area contributed by atoms with E-state index in [0.29, 0.717) is 11.3 Å². The Morgan fingerprint density at radius 1 is 1.24 bits per heavy atom. The number of nitrogens with two attached hydrogens (primary N) is 1. The molecule has 3 nitrogen and oxygen atoms in total. The zero-order chi connectivity index (χ0) is 11.8. The Hall–Kier alpha value is -0.280. The van der Waals surface area contributed by atoms with E-state index in [0.717, 1.165) is 45.2 Å². The number of hydrogen-bond donors (Lipinski definition) is 1. The second-order valence-corrected chi connectivity index (χ2v) is 6.19. The number of amides is 1. The highest BCUT2D eigenvalue weighted by molar-refractivity contribution is 5.85. The van der Waals surface area contributed by atoms with Crippen LogP contribution in [0.15, 0.2) is 0 Å². The molecular weight excluding hydrogens is 236 g/mol. The molecule has 2 atom stereocenters. The molecule has 1 aliphatic heterocycles. The Morgan fingerprint density at radius 3 is 2.29 bits per heavy atom. The maximum absolute atomic E-state index is 12.3. The number of rotatable bonds is 1. The van der Waals surface area contributed by atoms with Crippen LogP contribution in [-0.2, 0) is 4.79 Å². The van der Waals surface area contributed by atoms with Gasteiger partial charge in [-0.1, -0.05) is 20.3 Å². The van der Waals surface area contributed by atoms with Crippen LogP contribution in [0.1, 0.15) is 46.0 Å². The summed E-state index contributed by atoms with van der Waals surface area (Å²) in [6, 6.07) is 0.113. The SMILES string of the molecule is CC1(C)CCN(C(=O)C2CCCC2N)CC1.Cl. The Morgan fingerprint density at radius 2 is 1.82 bits per heavy atom. The lowest BCUT2D eigenvalue weighted by atomic mass is 9.82. The third kappa shape index (κ3) is 3.35. The van der Waals surface area contributed by atoms with Crippen molar-refractivity contribution in [3.8, 4) is 0 Å². The third-order valence-electron chi connectivity index (χ3n) is 4.32. The fourth-order valence-corrected chi connectivity index (χ4v) is 2.86. The summed E-state index contributed by atoms with van der Waals surface area (Å²) in [6.45, 7) is 6.43. The molecule has 2 rings (SSSR count). The summed E-state index contributed by atoms with van der Waals surface area (Å²) in [6.07, 6.45) is 5.40. The fraction of sp³-hybridized carbons (Fsp3) is 0.923. The van der Waals surface area contributed by atoms with Gasteiger partial charge in [-0.25, -0.2) is 0 Å². The zero-order valence-corrected chi connectivity index (χ0v) is 11.8. The largest absolute Gasteiger partial charge is 0.342 e. The quantitative estimate of drug-likeness (QED) is 0.786. The minimum Gasteiger partial charge on any atom is -0.342 e. The van der Waals surface area contributed by atoms with E-state index in [1.54, 1.807) is 0 Å². The summed E-state index contributed by atoms with van der Waals surface area (Å²) < 4.78 is 0. The molecule has 0 bridgehead atoms. The number of nitrogens with zero attached hydrogens (tertiary/aromatic N) is 1. The summed E-state index contributed by atoms with van der Waals surface area (Å²) >= 11 is 0. The Labute approximate surface area is 111 Å². The van der Waals surface area contributed by atoms with Crippen LogP contribution in [0.2, 0.25) is 0 Å². The van der Waals surface area contributed by atoms with Crippen LogP contribution in [0.25, 0.3) is 0 Å². The molecule has 1 saturated carbocycles. The first-order valence-electron chi connectivity index (χ1n) is 6.54. The molecule has 0 spiro atoms. The number of hydrogen-bond acceptors (Lipinski definition) is 2. The van der Waals surface area contributed by atoms with Gasteiger partial charge in [0.25, 0.3) is 0 Å². The Kier molecular flexibility index (Phi) is 4.85. The molecule has 2 aliphatic rings. The number of halogens is 1. The van der Waals surface area contributed by atoms with Crippen molar-refractivity contribution in [1.82, 2.24) is 4.90 Å². The first-order valence-corrected chi connectivity index (χ1v) is 6.54. The standard InChI is InChI=1S/C13H24N2O.ClH/c1-13(2)6-8-15(9-7-13)12(16)10-4-3-5-11(10)14;/h10-11H,3-9,14H2,1-2H3;1H. The lowest BCUT2D eigenvalue weighted by Gasteiger charge is -2.38. The molecule has 2 N–H and O–H groups in total. The lowest BCUT2D eigenvalue weighted by molar-refractivity contribution is -0.137. The van der Waals surface area contributed by atoms with E-state index in [1.165, 1.54) is 0 Å². The van der Waals surface area contributed by atoms with E-state index in [9.17, 15) is 4.79 Å². The maximum Gasteiger partial charge on any atom is 0.227 e. The average molecular weight is 261 g/mol. The van der Waals surface area contributed by atoms with Gasteiger partial charge in [0.1, 0.15) is 0 Å². The molecule has 2 fully saturated rings. The molecule has 1 amide bonds. The van der Waals surface area contributed by atoms with Crippen molar-refractivity contribution in [1.29, 1.82) is 0 Å². The average Bonchev–Trinajstić information content (AvgIpc) is 2.63. The van der Waals surface area contributed by atoms with Gasteiger partial charge in [0.2, 0.25) is 5.91 Å². The Balaban J connectivity index is 0.00000144. The first kappa shape index (κ1) is 14.8. The van der Waals surface area contributed by atoms with Crippen molar-refractivity contribution in [2.24, 2.45) is 17.1 Å². The topological polar surface area (TPSA) is 46.3 Å². The molecule has 4 heteroatoms. The highest BCUT2D eigenvalue weighted by atomic mass is 35.5. The second-order valence-electron chi connectivity index (χ2n) is 6.19. The second kappa shape index (κ2) is 5.57. The van der Waals surface area contributed by atoms with Crippen molar-refractivity contribution in [2.75, 3.05) is 13.1 Å². The molecule has 0 aromatic heterocycles. The van der Waals surface area contributed by atoms with E-state index < -0.39 is 0 Å². The maximum atomic E-state index is 12.3. The number of carbonyl (C=O) groups excluding carboxylic acids is 1. The van der Waals surface area contributed by atoms with Crippen molar-refractivity contribution in [2.45, 2.75) is 52.0 Å². The van der Waals surface area contributed by atoms with Gasteiger partial charge in [-0.05, 0) is 31.1 Å². The number of carbonyl (C=O) groups is 1. The normalized spacial score (nSPS) is 32.1. The number of likely N-dealkylation sites (tertiary alicyclic amines) is 1. The molecule has 100 valence electrons. The minimum atomic E-state index is 0. The molecular formula is C13H25ClN2O. The summed E-state index contributed by atoms with van der Waals surface area (Å²) in [7, 11) is 0.